The van der Waals surface area contributed by atoms with Crippen molar-refractivity contribution in [2.45, 2.75) is 63.6 Å². The minimum Gasteiger partial charge on any atom is -0.345 e. The van der Waals surface area contributed by atoms with Gasteiger partial charge in [0.15, 0.2) is 0 Å². The molecule has 0 radical (unpaired) electrons. The molecule has 1 aliphatic carbocycles. The Balaban J connectivity index is 1.25. The Kier molecular flexibility index (Phi) is 8.04. The van der Waals surface area contributed by atoms with Gasteiger partial charge in [-0.25, -0.2) is 4.98 Å². The Morgan fingerprint density at radius 2 is 1.45 bits per heavy atom. The maximum absolute atomic E-state index is 14.5. The average Bonchev–Trinajstić information content (AvgIpc) is 3.90. The van der Waals surface area contributed by atoms with Crippen molar-refractivity contribution in [2.75, 3.05) is 26.2 Å². The van der Waals surface area contributed by atoms with E-state index in [4.69, 9.17) is 4.98 Å². The highest BCUT2D eigenvalue weighted by molar-refractivity contribution is 6.09. The first kappa shape index (κ1) is 27.3. The van der Waals surface area contributed by atoms with E-state index in [1.807, 2.05) is 30.3 Å². The van der Waals surface area contributed by atoms with Crippen LogP contribution in [0.1, 0.15) is 72.5 Å². The van der Waals surface area contributed by atoms with Crippen LogP contribution in [0.15, 0.2) is 84.9 Å². The molecule has 5 nitrogen and oxygen atoms in total. The quantitative estimate of drug-likeness (QED) is 0.248. The molecule has 2 saturated heterocycles. The van der Waals surface area contributed by atoms with E-state index >= 15 is 0 Å². The van der Waals surface area contributed by atoms with Crippen molar-refractivity contribution in [1.82, 2.24) is 20.1 Å². The van der Waals surface area contributed by atoms with Crippen LogP contribution in [0.4, 0.5) is 0 Å². The van der Waals surface area contributed by atoms with E-state index in [1.165, 1.54) is 50.8 Å². The van der Waals surface area contributed by atoms with Crippen LogP contribution in [0, 0.1) is 5.92 Å². The highest BCUT2D eigenvalue weighted by atomic mass is 16.1. The third-order valence-electron chi connectivity index (χ3n) is 9.65. The van der Waals surface area contributed by atoms with E-state index in [0.29, 0.717) is 12.0 Å². The van der Waals surface area contributed by atoms with Gasteiger partial charge < -0.3 is 10.2 Å². The van der Waals surface area contributed by atoms with Crippen LogP contribution in [0.5, 0.6) is 0 Å². The molecule has 5 heteroatoms. The Labute approximate surface area is 249 Å². The molecule has 1 atom stereocenters. The summed E-state index contributed by atoms with van der Waals surface area (Å²) in [6, 6.07) is 29.8. The maximum atomic E-state index is 14.5. The second-order valence-corrected chi connectivity index (χ2v) is 12.5. The van der Waals surface area contributed by atoms with E-state index < -0.39 is 0 Å². The molecule has 3 aliphatic rings. The zero-order valence-corrected chi connectivity index (χ0v) is 24.6. The summed E-state index contributed by atoms with van der Waals surface area (Å²) in [5.41, 5.74) is 5.90. The summed E-state index contributed by atoms with van der Waals surface area (Å²) in [4.78, 5) is 25.0. The third-order valence-corrected chi connectivity index (χ3v) is 9.65. The molecule has 1 saturated carbocycles. The largest absolute Gasteiger partial charge is 0.345 e. The first-order valence-electron chi connectivity index (χ1n) is 16.0. The standard InChI is InChI=1S/C37H42N4O/c42-37(39-35(29-18-19-29)27-12-4-1-5-13-27)34-31-16-8-9-17-33(31)38-36(28-14-6-2-7-15-28)32(34)26-40-24-20-30(21-25-40)41-22-10-3-11-23-41/h1-2,4-9,12-17,29-30,35H,3,10-11,18-26H2,(H,39,42)/t35-/m1/s1. The minimum absolute atomic E-state index is 0.0183. The van der Waals surface area contributed by atoms with Gasteiger partial charge in [-0.2, -0.15) is 0 Å². The van der Waals surface area contributed by atoms with Crippen LogP contribution in [0.2, 0.25) is 0 Å². The lowest BCUT2D eigenvalue weighted by molar-refractivity contribution is 0.0882. The summed E-state index contributed by atoms with van der Waals surface area (Å²) >= 11 is 0. The Hall–Kier alpha value is -3.54. The number of likely N-dealkylation sites (tertiary alicyclic amines) is 2. The van der Waals surface area contributed by atoms with Gasteiger partial charge in [-0.05, 0) is 82.3 Å². The first-order chi connectivity index (χ1) is 20.7. The number of aromatic nitrogens is 1. The molecule has 1 amide bonds. The van der Waals surface area contributed by atoms with Crippen LogP contribution in [-0.2, 0) is 6.54 Å². The number of nitrogens with one attached hydrogen (secondary N) is 1. The first-order valence-corrected chi connectivity index (χ1v) is 16.0. The number of benzene rings is 3. The minimum atomic E-state index is 0.0183. The van der Waals surface area contributed by atoms with E-state index in [0.717, 1.165) is 65.8 Å². The van der Waals surface area contributed by atoms with Gasteiger partial charge in [0.25, 0.3) is 5.91 Å². The summed E-state index contributed by atoms with van der Waals surface area (Å²) < 4.78 is 0. The van der Waals surface area contributed by atoms with Crippen molar-refractivity contribution in [2.24, 2.45) is 5.92 Å². The number of carbonyl (C=O) groups is 1. The SMILES string of the molecule is O=C(N[C@H](c1ccccc1)C1CC1)c1c(CN2CCC(N3CCCCC3)CC2)c(-c2ccccc2)nc2ccccc12. The second kappa shape index (κ2) is 12.4. The van der Waals surface area contributed by atoms with Crippen molar-refractivity contribution < 1.29 is 4.79 Å². The van der Waals surface area contributed by atoms with Gasteiger partial charge in [0.1, 0.15) is 0 Å². The fourth-order valence-electron chi connectivity index (χ4n) is 7.23. The fourth-order valence-corrected chi connectivity index (χ4v) is 7.23. The molecule has 4 aromatic rings. The monoisotopic (exact) mass is 558 g/mol. The van der Waals surface area contributed by atoms with Crippen molar-refractivity contribution in [3.63, 3.8) is 0 Å². The number of nitrogens with zero attached hydrogens (tertiary/aromatic N) is 3. The molecule has 3 fully saturated rings. The number of hydrogen-bond donors (Lipinski definition) is 1. The van der Waals surface area contributed by atoms with Crippen LogP contribution < -0.4 is 5.32 Å². The summed E-state index contributed by atoms with van der Waals surface area (Å²) in [5.74, 6) is 0.514. The molecule has 42 heavy (non-hydrogen) atoms. The highest BCUT2D eigenvalue weighted by Gasteiger charge is 2.35. The number of para-hydroxylation sites is 1. The van der Waals surface area contributed by atoms with E-state index in [2.05, 4.69) is 69.7 Å². The van der Waals surface area contributed by atoms with Gasteiger partial charge in [-0.1, -0.05) is 85.3 Å². The number of rotatable bonds is 8. The molecule has 2 aliphatic heterocycles. The molecule has 1 aromatic heterocycles. The van der Waals surface area contributed by atoms with Gasteiger partial charge in [-0.3, -0.25) is 9.69 Å². The number of fused-ring (bicyclic) bond motifs is 1. The van der Waals surface area contributed by atoms with Crippen molar-refractivity contribution in [3.05, 3.63) is 102 Å². The number of hydrogen-bond acceptors (Lipinski definition) is 4. The Bertz CT molecular complexity index is 1500. The van der Waals surface area contributed by atoms with Gasteiger partial charge >= 0.3 is 0 Å². The van der Waals surface area contributed by atoms with Crippen LogP contribution in [0.25, 0.3) is 22.2 Å². The normalized spacial score (nSPS) is 19.5. The van der Waals surface area contributed by atoms with Gasteiger partial charge in [0.05, 0.1) is 22.8 Å². The van der Waals surface area contributed by atoms with Gasteiger partial charge in [-0.15, -0.1) is 0 Å². The molecule has 1 N–H and O–H groups in total. The smallest absolute Gasteiger partial charge is 0.252 e. The number of piperidine rings is 2. The molecular weight excluding hydrogens is 516 g/mol. The van der Waals surface area contributed by atoms with E-state index in [1.54, 1.807) is 0 Å². The lowest BCUT2D eigenvalue weighted by Gasteiger charge is -2.40. The number of carbonyl (C=O) groups excluding carboxylic acids is 1. The van der Waals surface area contributed by atoms with Crippen LogP contribution in [-0.4, -0.2) is 52.9 Å². The van der Waals surface area contributed by atoms with E-state index in [9.17, 15) is 4.79 Å². The topological polar surface area (TPSA) is 48.5 Å². The van der Waals surface area contributed by atoms with Crippen LogP contribution >= 0.6 is 0 Å². The molecule has 7 rings (SSSR count). The van der Waals surface area contributed by atoms with Crippen molar-refractivity contribution in [3.8, 4) is 11.3 Å². The zero-order chi connectivity index (χ0) is 28.3. The maximum Gasteiger partial charge on any atom is 0.252 e. The molecule has 0 spiro atoms. The predicted molar refractivity (Wildman–Crippen MR) is 170 cm³/mol. The second-order valence-electron chi connectivity index (χ2n) is 12.5. The molecular formula is C37H42N4O. The lowest BCUT2D eigenvalue weighted by atomic mass is 9.93. The zero-order valence-electron chi connectivity index (χ0n) is 24.6. The van der Waals surface area contributed by atoms with Crippen molar-refractivity contribution in [1.29, 1.82) is 0 Å². The number of amides is 1. The van der Waals surface area contributed by atoms with E-state index in [-0.39, 0.29) is 11.9 Å². The summed E-state index contributed by atoms with van der Waals surface area (Å²) in [7, 11) is 0. The summed E-state index contributed by atoms with van der Waals surface area (Å²) in [6.07, 6.45) is 8.76. The van der Waals surface area contributed by atoms with Gasteiger partial charge in [0, 0.05) is 29.1 Å². The van der Waals surface area contributed by atoms with Crippen LogP contribution in [0.3, 0.4) is 0 Å². The van der Waals surface area contributed by atoms with Gasteiger partial charge in [0.2, 0.25) is 0 Å². The lowest BCUT2D eigenvalue weighted by Crippen LogP contribution is -2.46. The molecule has 0 bridgehead atoms. The molecule has 0 unspecified atom stereocenters. The summed E-state index contributed by atoms with van der Waals surface area (Å²) in [6.45, 7) is 5.35. The Morgan fingerprint density at radius 3 is 2.17 bits per heavy atom. The fraction of sp³-hybridized carbons (Fsp3) is 0.405. The third kappa shape index (κ3) is 5.86. The highest BCUT2D eigenvalue weighted by Crippen LogP contribution is 2.41. The molecule has 216 valence electrons. The molecule has 3 aromatic carbocycles. The average molecular weight is 559 g/mol. The summed E-state index contributed by atoms with van der Waals surface area (Å²) in [5, 5.41) is 4.46. The predicted octanol–water partition coefficient (Wildman–Crippen LogP) is 7.23. The number of pyridine rings is 1. The van der Waals surface area contributed by atoms with Crippen molar-refractivity contribution >= 4 is 16.8 Å². The Morgan fingerprint density at radius 1 is 0.786 bits per heavy atom. The molecule has 3 heterocycles.